The fraction of sp³-hybridized carbons (Fsp3) is 0.211. The predicted octanol–water partition coefficient (Wildman–Crippen LogP) is 3.89. The Balaban J connectivity index is 1.64. The second-order valence-corrected chi connectivity index (χ2v) is 5.84. The molecule has 1 aromatic heterocycles. The van der Waals surface area contributed by atoms with E-state index in [9.17, 15) is 4.79 Å². The summed E-state index contributed by atoms with van der Waals surface area (Å²) in [7, 11) is 0. The Labute approximate surface area is 139 Å². The van der Waals surface area contributed by atoms with Gasteiger partial charge in [-0.05, 0) is 25.1 Å². The first-order valence-electron chi connectivity index (χ1n) is 8.01. The van der Waals surface area contributed by atoms with Crippen molar-refractivity contribution >= 4 is 22.5 Å². The number of aromatic nitrogens is 1. The van der Waals surface area contributed by atoms with Crippen LogP contribution in [0, 0.1) is 6.92 Å². The molecule has 1 amide bonds. The fourth-order valence-electron chi connectivity index (χ4n) is 3.00. The molecule has 4 rings (SSSR count). The van der Waals surface area contributed by atoms with Crippen molar-refractivity contribution < 1.29 is 14.3 Å². The summed E-state index contributed by atoms with van der Waals surface area (Å²) in [6.07, 6.45) is 0.852. The number of nitrogens with one attached hydrogen (secondary N) is 2. The molecule has 0 unspecified atom stereocenters. The third kappa shape index (κ3) is 2.58. The van der Waals surface area contributed by atoms with E-state index in [1.54, 1.807) is 0 Å². The molecular formula is C19H18N2O3. The Kier molecular flexibility index (Phi) is 3.61. The molecule has 1 aliphatic rings. The van der Waals surface area contributed by atoms with Crippen molar-refractivity contribution in [3.05, 3.63) is 53.7 Å². The summed E-state index contributed by atoms with van der Waals surface area (Å²) < 4.78 is 11.3. The highest BCUT2D eigenvalue weighted by atomic mass is 16.5. The zero-order chi connectivity index (χ0) is 16.5. The van der Waals surface area contributed by atoms with Gasteiger partial charge < -0.3 is 19.8 Å². The van der Waals surface area contributed by atoms with E-state index in [1.165, 1.54) is 0 Å². The van der Waals surface area contributed by atoms with Crippen LogP contribution in [0.3, 0.4) is 0 Å². The molecule has 5 nitrogen and oxygen atoms in total. The van der Waals surface area contributed by atoms with Crippen molar-refractivity contribution in [2.24, 2.45) is 0 Å². The van der Waals surface area contributed by atoms with E-state index in [0.717, 1.165) is 23.0 Å². The maximum Gasteiger partial charge on any atom is 0.258 e. The van der Waals surface area contributed by atoms with Gasteiger partial charge in [0, 0.05) is 34.8 Å². The number of amides is 1. The average Bonchev–Trinajstić information content (AvgIpc) is 2.75. The number of rotatable bonds is 2. The number of hydrogen-bond acceptors (Lipinski definition) is 3. The van der Waals surface area contributed by atoms with Crippen LogP contribution < -0.4 is 14.8 Å². The van der Waals surface area contributed by atoms with Crippen LogP contribution in [-0.2, 0) is 0 Å². The highest BCUT2D eigenvalue weighted by Crippen LogP contribution is 2.32. The predicted molar refractivity (Wildman–Crippen MR) is 93.0 cm³/mol. The van der Waals surface area contributed by atoms with Crippen LogP contribution in [0.4, 0.5) is 5.69 Å². The molecule has 5 heteroatoms. The molecule has 122 valence electrons. The van der Waals surface area contributed by atoms with Crippen LogP contribution in [-0.4, -0.2) is 24.1 Å². The van der Waals surface area contributed by atoms with E-state index in [0.29, 0.717) is 36.0 Å². The van der Waals surface area contributed by atoms with Gasteiger partial charge in [-0.25, -0.2) is 0 Å². The highest BCUT2D eigenvalue weighted by Gasteiger charge is 2.17. The van der Waals surface area contributed by atoms with Crippen LogP contribution in [0.15, 0.2) is 42.5 Å². The van der Waals surface area contributed by atoms with Gasteiger partial charge in [-0.2, -0.15) is 0 Å². The summed E-state index contributed by atoms with van der Waals surface area (Å²) in [5.74, 6) is 1.24. The minimum atomic E-state index is -0.139. The summed E-state index contributed by atoms with van der Waals surface area (Å²) in [5.41, 5.74) is 3.16. The Morgan fingerprint density at radius 1 is 1.08 bits per heavy atom. The standard InChI is InChI=1S/C19H18N2O3/c1-12-18(14-5-2-3-6-15(14)20-12)19(22)21-13-7-8-16-17(11-13)24-10-4-9-23-16/h2-3,5-8,11,20H,4,9-10H2,1H3,(H,21,22). The minimum Gasteiger partial charge on any atom is -0.490 e. The summed E-state index contributed by atoms with van der Waals surface area (Å²) in [6.45, 7) is 3.17. The van der Waals surface area contributed by atoms with Crippen molar-refractivity contribution in [1.82, 2.24) is 4.98 Å². The molecule has 0 saturated heterocycles. The van der Waals surface area contributed by atoms with E-state index in [1.807, 2.05) is 49.4 Å². The van der Waals surface area contributed by atoms with Gasteiger partial charge in [0.1, 0.15) is 0 Å². The lowest BCUT2D eigenvalue weighted by Crippen LogP contribution is -2.12. The number of ether oxygens (including phenoxy) is 2. The van der Waals surface area contributed by atoms with Gasteiger partial charge in [0.2, 0.25) is 0 Å². The molecule has 0 radical (unpaired) electrons. The number of carbonyl (C=O) groups excluding carboxylic acids is 1. The number of aromatic amines is 1. The zero-order valence-electron chi connectivity index (χ0n) is 13.4. The van der Waals surface area contributed by atoms with Crippen LogP contribution in [0.1, 0.15) is 22.5 Å². The smallest absolute Gasteiger partial charge is 0.258 e. The van der Waals surface area contributed by atoms with Gasteiger partial charge in [0.05, 0.1) is 18.8 Å². The van der Waals surface area contributed by atoms with Crippen LogP contribution >= 0.6 is 0 Å². The second-order valence-electron chi connectivity index (χ2n) is 5.84. The number of para-hydroxylation sites is 1. The molecule has 0 aliphatic carbocycles. The second kappa shape index (κ2) is 5.92. The van der Waals surface area contributed by atoms with E-state index >= 15 is 0 Å². The molecule has 0 atom stereocenters. The van der Waals surface area contributed by atoms with E-state index < -0.39 is 0 Å². The van der Waals surface area contributed by atoms with E-state index in [-0.39, 0.29) is 5.91 Å². The van der Waals surface area contributed by atoms with Crippen molar-refractivity contribution in [2.45, 2.75) is 13.3 Å². The van der Waals surface area contributed by atoms with E-state index in [4.69, 9.17) is 9.47 Å². The third-order valence-corrected chi connectivity index (χ3v) is 4.13. The molecule has 3 aromatic rings. The average molecular weight is 322 g/mol. The summed E-state index contributed by atoms with van der Waals surface area (Å²) >= 11 is 0. The Hall–Kier alpha value is -2.95. The van der Waals surface area contributed by atoms with Gasteiger partial charge in [0.25, 0.3) is 5.91 Å². The minimum absolute atomic E-state index is 0.139. The number of aryl methyl sites for hydroxylation is 1. The molecule has 0 bridgehead atoms. The van der Waals surface area contributed by atoms with Crippen LogP contribution in [0.2, 0.25) is 0 Å². The molecular weight excluding hydrogens is 304 g/mol. The molecule has 1 aliphatic heterocycles. The number of fused-ring (bicyclic) bond motifs is 2. The van der Waals surface area contributed by atoms with Gasteiger partial charge >= 0.3 is 0 Å². The first-order chi connectivity index (χ1) is 11.7. The number of hydrogen-bond donors (Lipinski definition) is 2. The van der Waals surface area contributed by atoms with Gasteiger partial charge in [-0.1, -0.05) is 18.2 Å². The van der Waals surface area contributed by atoms with Crippen LogP contribution in [0.25, 0.3) is 10.9 Å². The lowest BCUT2D eigenvalue weighted by Gasteiger charge is -2.10. The number of carbonyl (C=O) groups is 1. The maximum atomic E-state index is 12.7. The third-order valence-electron chi connectivity index (χ3n) is 4.13. The lowest BCUT2D eigenvalue weighted by atomic mass is 10.1. The number of benzene rings is 2. The first-order valence-corrected chi connectivity index (χ1v) is 8.01. The summed E-state index contributed by atoms with van der Waals surface area (Å²) in [5, 5.41) is 3.87. The molecule has 0 spiro atoms. The quantitative estimate of drug-likeness (QED) is 0.752. The first kappa shape index (κ1) is 14.6. The Morgan fingerprint density at radius 3 is 2.75 bits per heavy atom. The number of H-pyrrole nitrogens is 1. The zero-order valence-corrected chi connectivity index (χ0v) is 13.4. The van der Waals surface area contributed by atoms with Crippen LogP contribution in [0.5, 0.6) is 11.5 Å². The normalized spacial score (nSPS) is 13.5. The topological polar surface area (TPSA) is 63.4 Å². The van der Waals surface area contributed by atoms with E-state index in [2.05, 4.69) is 10.3 Å². The van der Waals surface area contributed by atoms with Crippen molar-refractivity contribution in [3.8, 4) is 11.5 Å². The Bertz CT molecular complexity index is 914. The molecule has 2 heterocycles. The largest absolute Gasteiger partial charge is 0.490 e. The number of anilines is 1. The van der Waals surface area contributed by atoms with Gasteiger partial charge in [0.15, 0.2) is 11.5 Å². The Morgan fingerprint density at radius 2 is 1.88 bits per heavy atom. The monoisotopic (exact) mass is 322 g/mol. The molecule has 0 fully saturated rings. The molecule has 2 N–H and O–H groups in total. The highest BCUT2D eigenvalue weighted by molar-refractivity contribution is 6.14. The lowest BCUT2D eigenvalue weighted by molar-refractivity contribution is 0.102. The van der Waals surface area contributed by atoms with Gasteiger partial charge in [-0.3, -0.25) is 4.79 Å². The summed E-state index contributed by atoms with van der Waals surface area (Å²) in [6, 6.07) is 13.3. The van der Waals surface area contributed by atoms with Crippen molar-refractivity contribution in [3.63, 3.8) is 0 Å². The van der Waals surface area contributed by atoms with Gasteiger partial charge in [-0.15, -0.1) is 0 Å². The van der Waals surface area contributed by atoms with Crippen molar-refractivity contribution in [1.29, 1.82) is 0 Å². The summed E-state index contributed by atoms with van der Waals surface area (Å²) in [4.78, 5) is 16.0. The van der Waals surface area contributed by atoms with Crippen molar-refractivity contribution in [2.75, 3.05) is 18.5 Å². The molecule has 2 aromatic carbocycles. The maximum absolute atomic E-state index is 12.7. The SMILES string of the molecule is Cc1[nH]c2ccccc2c1C(=O)Nc1ccc2c(c1)OCCCO2. The fourth-order valence-corrected chi connectivity index (χ4v) is 3.00. The molecule has 24 heavy (non-hydrogen) atoms. The molecule has 0 saturated carbocycles.